The fourth-order valence-electron chi connectivity index (χ4n) is 4.74. The van der Waals surface area contributed by atoms with Gasteiger partial charge in [0.05, 0.1) is 13.2 Å². The van der Waals surface area contributed by atoms with Crippen molar-refractivity contribution in [2.24, 2.45) is 0 Å². The van der Waals surface area contributed by atoms with Crippen molar-refractivity contribution in [3.8, 4) is 0 Å². The molecule has 31 heavy (non-hydrogen) atoms. The van der Waals surface area contributed by atoms with Crippen LogP contribution < -0.4 is 10.2 Å². The Bertz CT molecular complexity index is 814. The Balaban J connectivity index is 1.04. The number of anilines is 1. The molecule has 1 aromatic heterocycles. The van der Waals surface area contributed by atoms with Gasteiger partial charge in [0.25, 0.3) is 0 Å². The number of likely N-dealkylation sites (tertiary alicyclic amines) is 1. The molecule has 9 nitrogen and oxygen atoms in total. The van der Waals surface area contributed by atoms with E-state index in [-0.39, 0.29) is 30.7 Å². The van der Waals surface area contributed by atoms with E-state index >= 15 is 0 Å². The van der Waals surface area contributed by atoms with Crippen LogP contribution in [0.25, 0.3) is 0 Å². The molecule has 1 saturated carbocycles. The third-order valence-electron chi connectivity index (χ3n) is 6.75. The van der Waals surface area contributed by atoms with Gasteiger partial charge in [0.15, 0.2) is 5.79 Å². The SMILES string of the molecule is O=C(CCC(=O)N1CCC2(CC1)OCCO2)NC1CCN(c2nccc(C3CC3)n2)C1. The number of carbonyl (C=O) groups excluding carboxylic acids is 2. The van der Waals surface area contributed by atoms with Crippen LogP contribution in [0.4, 0.5) is 5.95 Å². The topological polar surface area (TPSA) is 96.9 Å². The molecule has 0 radical (unpaired) electrons. The van der Waals surface area contributed by atoms with Crippen molar-refractivity contribution in [1.29, 1.82) is 0 Å². The number of hydrogen-bond acceptors (Lipinski definition) is 7. The van der Waals surface area contributed by atoms with E-state index in [1.165, 1.54) is 12.8 Å². The zero-order chi connectivity index (χ0) is 21.3. The molecule has 1 unspecified atom stereocenters. The second-order valence-corrected chi connectivity index (χ2v) is 9.04. The quantitative estimate of drug-likeness (QED) is 0.726. The van der Waals surface area contributed by atoms with Gasteiger partial charge in [-0.15, -0.1) is 0 Å². The van der Waals surface area contributed by atoms with Crippen molar-refractivity contribution < 1.29 is 19.1 Å². The van der Waals surface area contributed by atoms with E-state index in [4.69, 9.17) is 14.5 Å². The third kappa shape index (κ3) is 4.82. The van der Waals surface area contributed by atoms with Crippen LogP contribution in [-0.2, 0) is 19.1 Å². The number of carbonyl (C=O) groups is 2. The van der Waals surface area contributed by atoms with E-state index in [0.29, 0.717) is 51.6 Å². The summed E-state index contributed by atoms with van der Waals surface area (Å²) < 4.78 is 11.4. The summed E-state index contributed by atoms with van der Waals surface area (Å²) in [5.74, 6) is 0.838. The highest BCUT2D eigenvalue weighted by Crippen LogP contribution is 2.39. The average Bonchev–Trinajstić information content (AvgIpc) is 3.39. The molecule has 1 aliphatic carbocycles. The third-order valence-corrected chi connectivity index (χ3v) is 6.75. The number of aromatic nitrogens is 2. The highest BCUT2D eigenvalue weighted by Gasteiger charge is 2.40. The summed E-state index contributed by atoms with van der Waals surface area (Å²) in [6.45, 7) is 4.05. The number of rotatable bonds is 6. The van der Waals surface area contributed by atoms with Crippen molar-refractivity contribution in [2.45, 2.75) is 62.7 Å². The molecule has 4 aliphatic rings. The lowest BCUT2D eigenvalue weighted by Crippen LogP contribution is -2.47. The van der Waals surface area contributed by atoms with E-state index in [0.717, 1.165) is 24.6 Å². The van der Waals surface area contributed by atoms with E-state index < -0.39 is 5.79 Å². The van der Waals surface area contributed by atoms with Gasteiger partial charge in [0.2, 0.25) is 17.8 Å². The zero-order valence-electron chi connectivity index (χ0n) is 17.9. The van der Waals surface area contributed by atoms with Crippen LogP contribution in [0.3, 0.4) is 0 Å². The molecule has 2 amide bonds. The van der Waals surface area contributed by atoms with Crippen molar-refractivity contribution in [3.63, 3.8) is 0 Å². The first-order valence-corrected chi connectivity index (χ1v) is 11.5. The molecule has 1 aromatic rings. The summed E-state index contributed by atoms with van der Waals surface area (Å²) in [5.41, 5.74) is 1.13. The van der Waals surface area contributed by atoms with Crippen molar-refractivity contribution >= 4 is 17.8 Å². The molecule has 4 fully saturated rings. The van der Waals surface area contributed by atoms with Gasteiger partial charge in [-0.05, 0) is 25.3 Å². The minimum absolute atomic E-state index is 0.0290. The minimum Gasteiger partial charge on any atom is -0.352 e. The maximum Gasteiger partial charge on any atom is 0.225 e. The molecule has 3 aliphatic heterocycles. The van der Waals surface area contributed by atoms with Crippen LogP contribution in [0.2, 0.25) is 0 Å². The molecular weight excluding hydrogens is 398 g/mol. The number of nitrogens with zero attached hydrogens (tertiary/aromatic N) is 4. The molecule has 0 aromatic carbocycles. The molecule has 168 valence electrons. The lowest BCUT2D eigenvalue weighted by atomic mass is 10.0. The van der Waals surface area contributed by atoms with E-state index in [1.54, 1.807) is 0 Å². The molecule has 9 heteroatoms. The summed E-state index contributed by atoms with van der Waals surface area (Å²) in [7, 11) is 0. The number of ether oxygens (including phenoxy) is 2. The van der Waals surface area contributed by atoms with Gasteiger partial charge in [-0.3, -0.25) is 9.59 Å². The van der Waals surface area contributed by atoms with E-state index in [9.17, 15) is 9.59 Å². The zero-order valence-corrected chi connectivity index (χ0v) is 17.9. The van der Waals surface area contributed by atoms with Crippen LogP contribution >= 0.6 is 0 Å². The summed E-state index contributed by atoms with van der Waals surface area (Å²) in [5, 5.41) is 3.08. The molecule has 5 rings (SSSR count). The van der Waals surface area contributed by atoms with Crippen molar-refractivity contribution in [1.82, 2.24) is 20.2 Å². The fourth-order valence-corrected chi connectivity index (χ4v) is 4.74. The lowest BCUT2D eigenvalue weighted by molar-refractivity contribution is -0.187. The van der Waals surface area contributed by atoms with Gasteiger partial charge >= 0.3 is 0 Å². The van der Waals surface area contributed by atoms with Gasteiger partial charge in [0, 0.05) is 75.7 Å². The van der Waals surface area contributed by atoms with Gasteiger partial charge in [-0.1, -0.05) is 0 Å². The smallest absolute Gasteiger partial charge is 0.225 e. The number of hydrogen-bond donors (Lipinski definition) is 1. The normalized spacial score (nSPS) is 25.2. The second-order valence-electron chi connectivity index (χ2n) is 9.04. The van der Waals surface area contributed by atoms with Gasteiger partial charge in [-0.25, -0.2) is 9.97 Å². The Labute approximate surface area is 182 Å². The van der Waals surface area contributed by atoms with Crippen LogP contribution in [0.15, 0.2) is 12.3 Å². The standard InChI is InChI=1S/C22H31N5O4/c28-19(3-4-20(29)26-11-7-22(8-12-26)30-13-14-31-22)24-17-6-10-27(15-17)21-23-9-5-18(25-21)16-1-2-16/h5,9,16-17H,1-4,6-8,10-15H2,(H,24,28). The number of amides is 2. The largest absolute Gasteiger partial charge is 0.352 e. The fraction of sp³-hybridized carbons (Fsp3) is 0.727. The Morgan fingerprint density at radius 2 is 1.87 bits per heavy atom. The number of piperidine rings is 1. The van der Waals surface area contributed by atoms with Gasteiger partial charge in [-0.2, -0.15) is 0 Å². The molecule has 1 N–H and O–H groups in total. The van der Waals surface area contributed by atoms with Gasteiger partial charge in [0.1, 0.15) is 0 Å². The van der Waals surface area contributed by atoms with E-state index in [2.05, 4.69) is 15.2 Å². The Morgan fingerprint density at radius 3 is 2.61 bits per heavy atom. The average molecular weight is 430 g/mol. The highest BCUT2D eigenvalue weighted by atomic mass is 16.7. The Kier molecular flexibility index (Phi) is 5.79. The first kappa shape index (κ1) is 20.6. The predicted molar refractivity (Wildman–Crippen MR) is 112 cm³/mol. The second kappa shape index (κ2) is 8.70. The first-order valence-electron chi connectivity index (χ1n) is 11.5. The summed E-state index contributed by atoms with van der Waals surface area (Å²) in [6, 6.07) is 2.08. The summed E-state index contributed by atoms with van der Waals surface area (Å²) >= 11 is 0. The first-order chi connectivity index (χ1) is 15.1. The van der Waals surface area contributed by atoms with Crippen molar-refractivity contribution in [3.05, 3.63) is 18.0 Å². The maximum absolute atomic E-state index is 12.5. The van der Waals surface area contributed by atoms with Crippen LogP contribution in [-0.4, -0.2) is 77.9 Å². The Hall–Kier alpha value is -2.26. The lowest BCUT2D eigenvalue weighted by Gasteiger charge is -2.37. The molecule has 1 atom stereocenters. The van der Waals surface area contributed by atoms with E-state index in [1.807, 2.05) is 17.2 Å². The van der Waals surface area contributed by atoms with Gasteiger partial charge < -0.3 is 24.6 Å². The maximum atomic E-state index is 12.5. The predicted octanol–water partition coefficient (Wildman–Crippen LogP) is 1.19. The minimum atomic E-state index is -0.482. The highest BCUT2D eigenvalue weighted by molar-refractivity contribution is 5.84. The van der Waals surface area contributed by atoms with Crippen LogP contribution in [0.1, 0.15) is 56.6 Å². The monoisotopic (exact) mass is 429 g/mol. The summed E-state index contributed by atoms with van der Waals surface area (Å²) in [4.78, 5) is 38.0. The summed E-state index contributed by atoms with van der Waals surface area (Å²) in [6.07, 6.45) is 6.99. The molecule has 0 bridgehead atoms. The molecule has 3 saturated heterocycles. The molecule has 4 heterocycles. The number of nitrogens with one attached hydrogen (secondary N) is 1. The van der Waals surface area contributed by atoms with Crippen molar-refractivity contribution in [2.75, 3.05) is 44.3 Å². The molecule has 1 spiro atoms. The Morgan fingerprint density at radius 1 is 1.10 bits per heavy atom. The molecular formula is C22H31N5O4. The van der Waals surface area contributed by atoms with Crippen LogP contribution in [0, 0.1) is 0 Å². The van der Waals surface area contributed by atoms with Crippen LogP contribution in [0.5, 0.6) is 0 Å².